The van der Waals surface area contributed by atoms with Crippen molar-refractivity contribution in [1.82, 2.24) is 9.88 Å². The Labute approximate surface area is 105 Å². The molecule has 2 heterocycles. The average molecular weight is 232 g/mol. The van der Waals surface area contributed by atoms with E-state index in [9.17, 15) is 0 Å². The number of aryl methyl sites for hydroxylation is 1. The van der Waals surface area contributed by atoms with Crippen LogP contribution in [0.15, 0.2) is 18.2 Å². The number of nitrogens with zero attached hydrogens (tertiary/aromatic N) is 2. The lowest BCUT2D eigenvalue weighted by Crippen LogP contribution is -2.31. The van der Waals surface area contributed by atoms with E-state index in [0.29, 0.717) is 5.92 Å². The van der Waals surface area contributed by atoms with Crippen LogP contribution in [-0.4, -0.2) is 29.5 Å². The highest BCUT2D eigenvalue weighted by atomic mass is 15.1. The topological polar surface area (TPSA) is 16.1 Å². The SMILES string of the molecule is Cc1cccc(C(C)CCN2CCCCC2)n1. The zero-order valence-corrected chi connectivity index (χ0v) is 11.2. The molecular weight excluding hydrogens is 208 g/mol. The first-order valence-electron chi connectivity index (χ1n) is 6.91. The first kappa shape index (κ1) is 12.6. The summed E-state index contributed by atoms with van der Waals surface area (Å²) in [6.45, 7) is 8.20. The van der Waals surface area contributed by atoms with E-state index < -0.39 is 0 Å². The molecule has 1 unspecified atom stereocenters. The van der Waals surface area contributed by atoms with Gasteiger partial charge in [-0.1, -0.05) is 19.4 Å². The van der Waals surface area contributed by atoms with E-state index in [1.54, 1.807) is 0 Å². The molecule has 0 spiro atoms. The second-order valence-electron chi connectivity index (χ2n) is 5.30. The van der Waals surface area contributed by atoms with Crippen LogP contribution in [0.1, 0.15) is 49.9 Å². The van der Waals surface area contributed by atoms with Crippen LogP contribution in [0.2, 0.25) is 0 Å². The Morgan fingerprint density at radius 1 is 1.24 bits per heavy atom. The fourth-order valence-corrected chi connectivity index (χ4v) is 2.55. The van der Waals surface area contributed by atoms with Gasteiger partial charge < -0.3 is 4.90 Å². The molecular formula is C15H24N2. The molecule has 17 heavy (non-hydrogen) atoms. The number of likely N-dealkylation sites (tertiary alicyclic amines) is 1. The maximum Gasteiger partial charge on any atom is 0.0435 e. The maximum absolute atomic E-state index is 4.62. The number of aromatic nitrogens is 1. The summed E-state index contributed by atoms with van der Waals surface area (Å²) in [5.41, 5.74) is 2.38. The Morgan fingerprint density at radius 2 is 2.00 bits per heavy atom. The van der Waals surface area contributed by atoms with Crippen LogP contribution in [0.5, 0.6) is 0 Å². The summed E-state index contributed by atoms with van der Waals surface area (Å²) in [5, 5.41) is 0. The van der Waals surface area contributed by atoms with Gasteiger partial charge >= 0.3 is 0 Å². The second kappa shape index (κ2) is 6.15. The highest BCUT2D eigenvalue weighted by Gasteiger charge is 2.13. The molecule has 2 heteroatoms. The molecule has 0 aliphatic carbocycles. The molecule has 1 aliphatic rings. The molecule has 1 atom stereocenters. The van der Waals surface area contributed by atoms with Gasteiger partial charge in [-0.3, -0.25) is 4.98 Å². The highest BCUT2D eigenvalue weighted by Crippen LogP contribution is 2.18. The molecule has 0 radical (unpaired) electrons. The third-order valence-electron chi connectivity index (χ3n) is 3.74. The average Bonchev–Trinajstić information content (AvgIpc) is 2.37. The maximum atomic E-state index is 4.62. The van der Waals surface area contributed by atoms with Gasteiger partial charge in [-0.25, -0.2) is 0 Å². The number of hydrogen-bond donors (Lipinski definition) is 0. The van der Waals surface area contributed by atoms with E-state index in [0.717, 1.165) is 5.69 Å². The van der Waals surface area contributed by atoms with Crippen molar-refractivity contribution >= 4 is 0 Å². The minimum Gasteiger partial charge on any atom is -0.303 e. The van der Waals surface area contributed by atoms with Gasteiger partial charge in [0.15, 0.2) is 0 Å². The molecule has 0 aromatic carbocycles. The van der Waals surface area contributed by atoms with E-state index in [1.165, 1.54) is 51.0 Å². The van der Waals surface area contributed by atoms with Gasteiger partial charge in [0.25, 0.3) is 0 Å². The first-order chi connectivity index (χ1) is 8.25. The molecule has 94 valence electrons. The van der Waals surface area contributed by atoms with Crippen molar-refractivity contribution in [3.63, 3.8) is 0 Å². The Hall–Kier alpha value is -0.890. The summed E-state index contributed by atoms with van der Waals surface area (Å²) >= 11 is 0. The molecule has 0 saturated carbocycles. The fourth-order valence-electron chi connectivity index (χ4n) is 2.55. The van der Waals surface area contributed by atoms with Crippen molar-refractivity contribution in [2.75, 3.05) is 19.6 Å². The van der Waals surface area contributed by atoms with E-state index in [4.69, 9.17) is 0 Å². The van der Waals surface area contributed by atoms with Crippen LogP contribution < -0.4 is 0 Å². The van der Waals surface area contributed by atoms with Gasteiger partial charge in [0, 0.05) is 11.4 Å². The van der Waals surface area contributed by atoms with Crippen molar-refractivity contribution in [3.05, 3.63) is 29.6 Å². The number of hydrogen-bond acceptors (Lipinski definition) is 2. The van der Waals surface area contributed by atoms with Crippen molar-refractivity contribution in [2.45, 2.75) is 45.4 Å². The number of piperidine rings is 1. The lowest BCUT2D eigenvalue weighted by molar-refractivity contribution is 0.222. The molecule has 0 bridgehead atoms. The molecule has 1 aromatic heterocycles. The van der Waals surface area contributed by atoms with Gasteiger partial charge in [-0.05, 0) is 63.9 Å². The van der Waals surface area contributed by atoms with E-state index in [-0.39, 0.29) is 0 Å². The Morgan fingerprint density at radius 3 is 2.71 bits per heavy atom. The number of rotatable bonds is 4. The standard InChI is InChI=1S/C15H24N2/c1-13(15-8-6-7-14(2)16-15)9-12-17-10-4-3-5-11-17/h6-8,13H,3-5,9-12H2,1-2H3. The van der Waals surface area contributed by atoms with Gasteiger partial charge in [0.05, 0.1) is 0 Å². The predicted octanol–water partition coefficient (Wildman–Crippen LogP) is 3.37. The monoisotopic (exact) mass is 232 g/mol. The van der Waals surface area contributed by atoms with E-state index in [2.05, 4.69) is 41.9 Å². The third kappa shape index (κ3) is 3.81. The third-order valence-corrected chi connectivity index (χ3v) is 3.74. The first-order valence-corrected chi connectivity index (χ1v) is 6.91. The van der Waals surface area contributed by atoms with Gasteiger partial charge in [-0.15, -0.1) is 0 Å². The normalized spacial score (nSPS) is 19.2. The van der Waals surface area contributed by atoms with Crippen LogP contribution in [0.25, 0.3) is 0 Å². The van der Waals surface area contributed by atoms with Crippen LogP contribution in [0, 0.1) is 6.92 Å². The van der Waals surface area contributed by atoms with Gasteiger partial charge in [-0.2, -0.15) is 0 Å². The molecule has 0 amide bonds. The minimum absolute atomic E-state index is 0.580. The van der Waals surface area contributed by atoms with Crippen LogP contribution in [-0.2, 0) is 0 Å². The zero-order valence-electron chi connectivity index (χ0n) is 11.2. The Balaban J connectivity index is 1.82. The molecule has 0 N–H and O–H groups in total. The molecule has 2 nitrogen and oxygen atoms in total. The quantitative estimate of drug-likeness (QED) is 0.791. The Kier molecular flexibility index (Phi) is 4.55. The number of pyridine rings is 1. The second-order valence-corrected chi connectivity index (χ2v) is 5.30. The van der Waals surface area contributed by atoms with E-state index >= 15 is 0 Å². The smallest absolute Gasteiger partial charge is 0.0435 e. The Bertz CT molecular complexity index is 343. The molecule has 1 aliphatic heterocycles. The summed E-state index contributed by atoms with van der Waals surface area (Å²) in [6, 6.07) is 6.35. The summed E-state index contributed by atoms with van der Waals surface area (Å²) in [6.07, 6.45) is 5.43. The van der Waals surface area contributed by atoms with Crippen molar-refractivity contribution < 1.29 is 0 Å². The summed E-state index contributed by atoms with van der Waals surface area (Å²) in [7, 11) is 0. The van der Waals surface area contributed by atoms with Crippen molar-refractivity contribution in [2.24, 2.45) is 0 Å². The predicted molar refractivity (Wildman–Crippen MR) is 72.3 cm³/mol. The van der Waals surface area contributed by atoms with Gasteiger partial charge in [0.1, 0.15) is 0 Å². The summed E-state index contributed by atoms with van der Waals surface area (Å²) < 4.78 is 0. The lowest BCUT2D eigenvalue weighted by atomic mass is 10.0. The molecule has 1 aromatic rings. The van der Waals surface area contributed by atoms with Crippen LogP contribution in [0.4, 0.5) is 0 Å². The zero-order chi connectivity index (χ0) is 12.1. The minimum atomic E-state index is 0.580. The molecule has 2 rings (SSSR count). The largest absolute Gasteiger partial charge is 0.303 e. The lowest BCUT2D eigenvalue weighted by Gasteiger charge is -2.27. The summed E-state index contributed by atoms with van der Waals surface area (Å²) in [5.74, 6) is 0.580. The highest BCUT2D eigenvalue weighted by molar-refractivity contribution is 5.13. The fraction of sp³-hybridized carbons (Fsp3) is 0.667. The van der Waals surface area contributed by atoms with Crippen LogP contribution >= 0.6 is 0 Å². The summed E-state index contributed by atoms with van der Waals surface area (Å²) in [4.78, 5) is 7.23. The van der Waals surface area contributed by atoms with Crippen molar-refractivity contribution in [1.29, 1.82) is 0 Å². The van der Waals surface area contributed by atoms with Crippen molar-refractivity contribution in [3.8, 4) is 0 Å². The van der Waals surface area contributed by atoms with E-state index in [1.807, 2.05) is 0 Å². The molecule has 1 fully saturated rings. The molecule has 1 saturated heterocycles. The van der Waals surface area contributed by atoms with Crippen LogP contribution in [0.3, 0.4) is 0 Å². The van der Waals surface area contributed by atoms with Gasteiger partial charge in [0.2, 0.25) is 0 Å².